The second kappa shape index (κ2) is 9.57. The first-order chi connectivity index (χ1) is 10.8. The van der Waals surface area contributed by atoms with Crippen LogP contribution in [0, 0.1) is 6.92 Å². The number of halogens is 1. The molecule has 0 aliphatic heterocycles. The zero-order chi connectivity index (χ0) is 17.4. The minimum Gasteiger partial charge on any atom is -0.455 e. The quantitative estimate of drug-likeness (QED) is 0.553. The summed E-state index contributed by atoms with van der Waals surface area (Å²) in [6.45, 7) is 1.52. The van der Waals surface area contributed by atoms with Gasteiger partial charge >= 0.3 is 5.97 Å². The number of likely N-dealkylation sites (N-methyl/N-ethyl adjacent to an activating group) is 2. The van der Waals surface area contributed by atoms with E-state index >= 15 is 0 Å². The molecule has 0 radical (unpaired) electrons. The minimum absolute atomic E-state index is 0.0697. The van der Waals surface area contributed by atoms with Gasteiger partial charge in [-0.15, -0.1) is 11.8 Å². The van der Waals surface area contributed by atoms with Crippen LogP contribution in [0.1, 0.15) is 5.56 Å². The summed E-state index contributed by atoms with van der Waals surface area (Å²) >= 11 is 4.74. The van der Waals surface area contributed by atoms with Gasteiger partial charge < -0.3 is 15.0 Å². The fraction of sp³-hybridized carbons (Fsp3) is 0.400. The van der Waals surface area contributed by atoms with Crippen molar-refractivity contribution in [2.45, 2.75) is 11.8 Å². The van der Waals surface area contributed by atoms with Gasteiger partial charge in [0.05, 0.1) is 12.3 Å². The summed E-state index contributed by atoms with van der Waals surface area (Å²) in [5.74, 6) is -1.06. The second-order valence-corrected chi connectivity index (χ2v) is 6.72. The highest BCUT2D eigenvalue weighted by atomic mass is 79.9. The Bertz CT molecular complexity index is 595. The third-order valence-corrected chi connectivity index (χ3v) is 4.57. The zero-order valence-corrected chi connectivity index (χ0v) is 15.6. The summed E-state index contributed by atoms with van der Waals surface area (Å²) in [6.07, 6.45) is 0. The average Bonchev–Trinajstić information content (AvgIpc) is 2.51. The molecule has 0 unspecified atom stereocenters. The number of carbonyl (C=O) groups excluding carboxylic acids is 3. The first-order valence-electron chi connectivity index (χ1n) is 6.82. The molecule has 1 rings (SSSR count). The molecule has 0 bridgehead atoms. The third-order valence-electron chi connectivity index (χ3n) is 2.92. The van der Waals surface area contributed by atoms with Crippen LogP contribution >= 0.6 is 27.7 Å². The minimum atomic E-state index is -0.473. The van der Waals surface area contributed by atoms with Gasteiger partial charge in [-0.1, -0.05) is 15.9 Å². The smallest absolute Gasteiger partial charge is 0.316 e. The van der Waals surface area contributed by atoms with E-state index in [4.69, 9.17) is 4.74 Å². The van der Waals surface area contributed by atoms with Crippen LogP contribution in [0.2, 0.25) is 0 Å². The highest BCUT2D eigenvalue weighted by Gasteiger charge is 2.14. The molecule has 0 aromatic heterocycles. The maximum atomic E-state index is 11.7. The lowest BCUT2D eigenvalue weighted by molar-refractivity contribution is -0.149. The molecule has 2 amide bonds. The van der Waals surface area contributed by atoms with E-state index in [1.54, 1.807) is 0 Å². The third kappa shape index (κ3) is 7.04. The summed E-state index contributed by atoms with van der Waals surface area (Å²) in [6, 6.07) is 5.78. The SMILES string of the molecule is CNC(=O)CN(C)C(=O)COC(=O)CSc1ccc(Br)cc1C. The fourth-order valence-corrected chi connectivity index (χ4v) is 2.87. The Labute approximate surface area is 148 Å². The van der Waals surface area contributed by atoms with E-state index in [2.05, 4.69) is 21.2 Å². The van der Waals surface area contributed by atoms with Crippen LogP contribution < -0.4 is 5.32 Å². The van der Waals surface area contributed by atoms with Crippen molar-refractivity contribution in [1.82, 2.24) is 10.2 Å². The van der Waals surface area contributed by atoms with Crippen molar-refractivity contribution >= 4 is 45.5 Å². The van der Waals surface area contributed by atoms with E-state index in [1.807, 2.05) is 25.1 Å². The Morgan fingerprint density at radius 3 is 2.65 bits per heavy atom. The van der Waals surface area contributed by atoms with Gasteiger partial charge in [0.15, 0.2) is 6.61 Å². The number of benzene rings is 1. The first-order valence-corrected chi connectivity index (χ1v) is 8.60. The monoisotopic (exact) mass is 402 g/mol. The molecule has 0 saturated carbocycles. The van der Waals surface area contributed by atoms with Crippen molar-refractivity contribution in [1.29, 1.82) is 0 Å². The van der Waals surface area contributed by atoms with Crippen LogP contribution in [-0.4, -0.2) is 55.7 Å². The van der Waals surface area contributed by atoms with Gasteiger partial charge in [0.1, 0.15) is 0 Å². The predicted octanol–water partition coefficient (Wildman–Crippen LogP) is 1.60. The molecule has 6 nitrogen and oxygen atoms in total. The Balaban J connectivity index is 2.36. The largest absolute Gasteiger partial charge is 0.455 e. The molecule has 8 heteroatoms. The van der Waals surface area contributed by atoms with Crippen molar-refractivity contribution in [3.63, 3.8) is 0 Å². The molecule has 1 N–H and O–H groups in total. The summed E-state index contributed by atoms with van der Waals surface area (Å²) in [4.78, 5) is 36.8. The van der Waals surface area contributed by atoms with E-state index < -0.39 is 11.9 Å². The molecule has 0 saturated heterocycles. The molecular weight excluding hydrogens is 384 g/mol. The molecule has 126 valence electrons. The Morgan fingerprint density at radius 2 is 2.04 bits per heavy atom. The number of hydrogen-bond donors (Lipinski definition) is 1. The van der Waals surface area contributed by atoms with E-state index in [1.165, 1.54) is 30.8 Å². The lowest BCUT2D eigenvalue weighted by Gasteiger charge is -2.15. The molecular formula is C15H19BrN2O4S. The van der Waals surface area contributed by atoms with Gasteiger partial charge in [0, 0.05) is 23.5 Å². The van der Waals surface area contributed by atoms with E-state index in [-0.39, 0.29) is 24.8 Å². The van der Waals surface area contributed by atoms with Crippen LogP contribution in [0.25, 0.3) is 0 Å². The predicted molar refractivity (Wildman–Crippen MR) is 92.3 cm³/mol. The van der Waals surface area contributed by atoms with Gasteiger partial charge in [-0.25, -0.2) is 0 Å². The number of carbonyl (C=O) groups is 3. The van der Waals surface area contributed by atoms with Crippen LogP contribution in [0.4, 0.5) is 0 Å². The summed E-state index contributed by atoms with van der Waals surface area (Å²) in [7, 11) is 2.97. The second-order valence-electron chi connectivity index (χ2n) is 4.78. The molecule has 0 aliphatic carbocycles. The number of thioether (sulfide) groups is 1. The average molecular weight is 403 g/mol. The van der Waals surface area contributed by atoms with Gasteiger partial charge in [-0.05, 0) is 30.7 Å². The topological polar surface area (TPSA) is 75.7 Å². The van der Waals surface area contributed by atoms with Crippen LogP contribution in [-0.2, 0) is 19.1 Å². The van der Waals surface area contributed by atoms with Gasteiger partial charge in [0.2, 0.25) is 5.91 Å². The van der Waals surface area contributed by atoms with Gasteiger partial charge in [-0.2, -0.15) is 0 Å². The lowest BCUT2D eigenvalue weighted by Crippen LogP contribution is -2.39. The van der Waals surface area contributed by atoms with Crippen LogP contribution in [0.15, 0.2) is 27.6 Å². The van der Waals surface area contributed by atoms with Gasteiger partial charge in [0.25, 0.3) is 5.91 Å². The Hall–Kier alpha value is -1.54. The van der Waals surface area contributed by atoms with Crippen LogP contribution in [0.3, 0.4) is 0 Å². The number of hydrogen-bond acceptors (Lipinski definition) is 5. The number of ether oxygens (including phenoxy) is 1. The Kier molecular flexibility index (Phi) is 8.11. The summed E-state index contributed by atoms with van der Waals surface area (Å²) in [5.41, 5.74) is 1.05. The van der Waals surface area contributed by atoms with Crippen molar-refractivity contribution in [2.75, 3.05) is 33.0 Å². The molecule has 0 atom stereocenters. The molecule has 0 aliphatic rings. The van der Waals surface area contributed by atoms with E-state index in [9.17, 15) is 14.4 Å². The number of aryl methyl sites for hydroxylation is 1. The normalized spacial score (nSPS) is 10.1. The number of amides is 2. The van der Waals surface area contributed by atoms with Gasteiger partial charge in [-0.3, -0.25) is 14.4 Å². The molecule has 1 aromatic carbocycles. The van der Waals surface area contributed by atoms with Crippen LogP contribution in [0.5, 0.6) is 0 Å². The first kappa shape index (κ1) is 19.5. The van der Waals surface area contributed by atoms with E-state index in [0.717, 1.165) is 14.9 Å². The highest BCUT2D eigenvalue weighted by molar-refractivity contribution is 9.10. The van der Waals surface area contributed by atoms with Crippen molar-refractivity contribution in [2.24, 2.45) is 0 Å². The zero-order valence-electron chi connectivity index (χ0n) is 13.2. The van der Waals surface area contributed by atoms with Crippen molar-refractivity contribution < 1.29 is 19.1 Å². The molecule has 0 heterocycles. The maximum Gasteiger partial charge on any atom is 0.316 e. The lowest BCUT2D eigenvalue weighted by atomic mass is 10.2. The summed E-state index contributed by atoms with van der Waals surface area (Å²) in [5, 5.41) is 2.42. The molecule has 23 heavy (non-hydrogen) atoms. The summed E-state index contributed by atoms with van der Waals surface area (Å²) < 4.78 is 5.91. The standard InChI is InChI=1S/C15H19BrN2O4S/c1-10-6-11(16)4-5-12(10)23-9-15(21)22-8-14(20)18(3)7-13(19)17-2/h4-6H,7-9H2,1-3H3,(H,17,19). The fourth-order valence-electron chi connectivity index (χ4n) is 1.59. The van der Waals surface area contributed by atoms with Crippen molar-refractivity contribution in [3.05, 3.63) is 28.2 Å². The maximum absolute atomic E-state index is 11.7. The molecule has 0 spiro atoms. The number of rotatable bonds is 7. The number of esters is 1. The number of nitrogens with one attached hydrogen (secondary N) is 1. The molecule has 0 fully saturated rings. The number of nitrogens with zero attached hydrogens (tertiary/aromatic N) is 1. The van der Waals surface area contributed by atoms with E-state index in [0.29, 0.717) is 0 Å². The Morgan fingerprint density at radius 1 is 1.35 bits per heavy atom. The molecule has 1 aromatic rings. The highest BCUT2D eigenvalue weighted by Crippen LogP contribution is 2.25. The van der Waals surface area contributed by atoms with Crippen molar-refractivity contribution in [3.8, 4) is 0 Å².